The maximum atomic E-state index is 10.3. The van der Waals surface area contributed by atoms with Gasteiger partial charge in [-0.15, -0.1) is 0 Å². The molecule has 0 atom stereocenters. The topological polar surface area (TPSA) is 64.3 Å². The molecule has 0 aliphatic carbocycles. The average molecular weight is 148 g/mol. The van der Waals surface area contributed by atoms with E-state index in [1.807, 2.05) is 0 Å². The zero-order chi connectivity index (χ0) is 7.28. The molecule has 0 spiro atoms. The van der Waals surface area contributed by atoms with Crippen molar-refractivity contribution in [1.82, 2.24) is 5.48 Å². The number of nitrogens with two attached hydrogens (primary N) is 1. The highest BCUT2D eigenvalue weighted by Gasteiger charge is 1.96. The molecule has 5 heteroatoms. The van der Waals surface area contributed by atoms with Crippen LogP contribution in [0.15, 0.2) is 0 Å². The molecule has 4 nitrogen and oxygen atoms in total. The fraction of sp³-hybridized carbons (Fsp3) is 0.500. The molecule has 0 amide bonds. The van der Waals surface area contributed by atoms with Crippen molar-refractivity contribution < 1.29 is 9.63 Å². The molecule has 0 heterocycles. The molecule has 0 aliphatic heterocycles. The van der Waals surface area contributed by atoms with E-state index >= 15 is 0 Å². The van der Waals surface area contributed by atoms with Gasteiger partial charge in [-0.3, -0.25) is 0 Å². The molecule has 0 saturated heterocycles. The third kappa shape index (κ3) is 5.02. The molecule has 0 saturated carbocycles. The van der Waals surface area contributed by atoms with Crippen LogP contribution in [0.3, 0.4) is 0 Å². The van der Waals surface area contributed by atoms with E-state index in [4.69, 9.17) is 5.73 Å². The molecule has 0 radical (unpaired) electrons. The molecule has 3 N–H and O–H groups in total. The maximum Gasteiger partial charge on any atom is 0.331 e. The summed E-state index contributed by atoms with van der Waals surface area (Å²) in [6.45, 7) is 1.67. The van der Waals surface area contributed by atoms with Crippen LogP contribution in [-0.2, 0) is 9.63 Å². The van der Waals surface area contributed by atoms with E-state index in [1.165, 1.54) is 0 Å². The Bertz CT molecular complexity index is 126. The second kappa shape index (κ2) is 4.08. The van der Waals surface area contributed by atoms with Gasteiger partial charge in [0.1, 0.15) is 0 Å². The van der Waals surface area contributed by atoms with Crippen LogP contribution in [0, 0.1) is 0 Å². The summed E-state index contributed by atoms with van der Waals surface area (Å²) in [6.07, 6.45) is 0.301. The van der Waals surface area contributed by atoms with E-state index in [0.29, 0.717) is 6.42 Å². The number of carbonyl (C=O) groups is 1. The van der Waals surface area contributed by atoms with Gasteiger partial charge in [0.25, 0.3) is 0 Å². The van der Waals surface area contributed by atoms with Crippen molar-refractivity contribution in [1.29, 1.82) is 0 Å². The summed E-state index contributed by atoms with van der Waals surface area (Å²) >= 11 is 4.35. The molecule has 0 aromatic heterocycles. The van der Waals surface area contributed by atoms with Gasteiger partial charge in [0, 0.05) is 6.42 Å². The molecule has 0 fully saturated rings. The van der Waals surface area contributed by atoms with Gasteiger partial charge in [-0.2, -0.15) is 5.48 Å². The third-order valence-corrected chi connectivity index (χ3v) is 0.637. The van der Waals surface area contributed by atoms with E-state index in [0.717, 1.165) is 0 Å². The van der Waals surface area contributed by atoms with Gasteiger partial charge in [0.15, 0.2) is 5.11 Å². The first kappa shape index (κ1) is 8.16. The van der Waals surface area contributed by atoms with Crippen LogP contribution < -0.4 is 11.2 Å². The minimum atomic E-state index is -0.386. The van der Waals surface area contributed by atoms with Gasteiger partial charge in [-0.25, -0.2) is 4.79 Å². The second-order valence-corrected chi connectivity index (χ2v) is 1.73. The fourth-order valence-corrected chi connectivity index (χ4v) is 0.221. The van der Waals surface area contributed by atoms with Crippen molar-refractivity contribution >= 4 is 23.3 Å². The van der Waals surface area contributed by atoms with Gasteiger partial charge in [-0.1, -0.05) is 6.92 Å². The molecule has 52 valence electrons. The summed E-state index contributed by atoms with van der Waals surface area (Å²) < 4.78 is 0. The zero-order valence-corrected chi connectivity index (χ0v) is 5.83. The van der Waals surface area contributed by atoms with Gasteiger partial charge < -0.3 is 10.6 Å². The Morgan fingerprint density at radius 1 is 1.89 bits per heavy atom. The van der Waals surface area contributed by atoms with Crippen molar-refractivity contribution in [3.05, 3.63) is 0 Å². The minimum absolute atomic E-state index is 0.0446. The quantitative estimate of drug-likeness (QED) is 0.394. The molecule has 0 aliphatic rings. The monoisotopic (exact) mass is 148 g/mol. The summed E-state index contributed by atoms with van der Waals surface area (Å²) in [4.78, 5) is 14.6. The first-order chi connectivity index (χ1) is 4.16. The molecule has 0 unspecified atom stereocenters. The Morgan fingerprint density at radius 3 is 2.78 bits per heavy atom. The average Bonchev–Trinajstić information content (AvgIpc) is 1.83. The molecule has 0 bridgehead atoms. The second-order valence-electron chi connectivity index (χ2n) is 1.29. The van der Waals surface area contributed by atoms with Gasteiger partial charge in [-0.05, 0) is 12.2 Å². The van der Waals surface area contributed by atoms with Gasteiger partial charge >= 0.3 is 5.97 Å². The van der Waals surface area contributed by atoms with Crippen molar-refractivity contribution in [2.75, 3.05) is 0 Å². The highest BCUT2D eigenvalue weighted by atomic mass is 32.1. The third-order valence-electron chi connectivity index (χ3n) is 0.554. The smallest absolute Gasteiger partial charge is 0.331 e. The Morgan fingerprint density at radius 2 is 2.44 bits per heavy atom. The molecule has 0 rings (SSSR count). The largest absolute Gasteiger partial charge is 0.374 e. The summed E-state index contributed by atoms with van der Waals surface area (Å²) in [6, 6.07) is 0. The SMILES string of the molecule is CCC(=O)ONC(N)=S. The Labute approximate surface area is 58.3 Å². The molecule has 9 heavy (non-hydrogen) atoms. The van der Waals surface area contributed by atoms with E-state index < -0.39 is 0 Å². The summed E-state index contributed by atoms with van der Waals surface area (Å²) in [5.41, 5.74) is 6.99. The Balaban J connectivity index is 3.28. The normalized spacial score (nSPS) is 8.11. The number of hydrogen-bond donors (Lipinski definition) is 2. The Hall–Kier alpha value is -0.840. The van der Waals surface area contributed by atoms with Gasteiger partial charge in [0.05, 0.1) is 0 Å². The van der Waals surface area contributed by atoms with E-state index in [9.17, 15) is 4.79 Å². The fourth-order valence-electron chi connectivity index (χ4n) is 0.179. The number of thiocarbonyl (C=S) groups is 1. The van der Waals surface area contributed by atoms with Crippen LogP contribution in [0.25, 0.3) is 0 Å². The number of carbonyl (C=O) groups excluding carboxylic acids is 1. The minimum Gasteiger partial charge on any atom is -0.374 e. The van der Waals surface area contributed by atoms with Crippen LogP contribution in [-0.4, -0.2) is 11.1 Å². The molecular formula is C4H8N2O2S. The van der Waals surface area contributed by atoms with Crippen LogP contribution in [0.4, 0.5) is 0 Å². The van der Waals surface area contributed by atoms with Crippen LogP contribution in [0.2, 0.25) is 0 Å². The van der Waals surface area contributed by atoms with E-state index in [2.05, 4.69) is 22.5 Å². The molecular weight excluding hydrogens is 140 g/mol. The zero-order valence-electron chi connectivity index (χ0n) is 5.01. The number of hydroxylamine groups is 1. The summed E-state index contributed by atoms with van der Waals surface area (Å²) in [5, 5.41) is -0.0446. The van der Waals surface area contributed by atoms with E-state index in [1.54, 1.807) is 6.92 Å². The standard InChI is InChI=1S/C4H8N2O2S/c1-2-3(7)8-6-4(5)9/h2H2,1H3,(H3,5,6,9). The van der Waals surface area contributed by atoms with Crippen LogP contribution in [0.5, 0.6) is 0 Å². The maximum absolute atomic E-state index is 10.3. The van der Waals surface area contributed by atoms with Crippen LogP contribution >= 0.6 is 12.2 Å². The van der Waals surface area contributed by atoms with Crippen molar-refractivity contribution in [3.63, 3.8) is 0 Å². The molecule has 0 aromatic rings. The first-order valence-electron chi connectivity index (χ1n) is 2.42. The molecule has 0 aromatic carbocycles. The number of hydrogen-bond acceptors (Lipinski definition) is 3. The van der Waals surface area contributed by atoms with Crippen molar-refractivity contribution in [3.8, 4) is 0 Å². The lowest BCUT2D eigenvalue weighted by Crippen LogP contribution is -2.31. The summed E-state index contributed by atoms with van der Waals surface area (Å²) in [5.74, 6) is -0.386. The van der Waals surface area contributed by atoms with E-state index in [-0.39, 0.29) is 11.1 Å². The predicted molar refractivity (Wildman–Crippen MR) is 36.3 cm³/mol. The lowest BCUT2D eigenvalue weighted by molar-refractivity contribution is -0.147. The van der Waals surface area contributed by atoms with Gasteiger partial charge in [0.2, 0.25) is 0 Å². The predicted octanol–water partition coefficient (Wildman–Crippen LogP) is -0.312. The number of rotatable bonds is 1. The van der Waals surface area contributed by atoms with Crippen molar-refractivity contribution in [2.24, 2.45) is 5.73 Å². The number of nitrogens with one attached hydrogen (secondary N) is 1. The van der Waals surface area contributed by atoms with Crippen molar-refractivity contribution in [2.45, 2.75) is 13.3 Å². The highest BCUT2D eigenvalue weighted by Crippen LogP contribution is 1.78. The highest BCUT2D eigenvalue weighted by molar-refractivity contribution is 7.80. The Kier molecular flexibility index (Phi) is 3.70. The summed E-state index contributed by atoms with van der Waals surface area (Å²) in [7, 11) is 0. The van der Waals surface area contributed by atoms with Crippen LogP contribution in [0.1, 0.15) is 13.3 Å². The lowest BCUT2D eigenvalue weighted by Gasteiger charge is -2.00. The lowest BCUT2D eigenvalue weighted by atomic mass is 10.5. The first-order valence-corrected chi connectivity index (χ1v) is 2.82.